The molecular weight excluding hydrogens is 467 g/mol. The maximum Gasteiger partial charge on any atom is 0.262 e. The fourth-order valence-corrected chi connectivity index (χ4v) is 4.41. The van der Waals surface area contributed by atoms with Crippen molar-refractivity contribution in [1.82, 2.24) is 20.2 Å². The van der Waals surface area contributed by atoms with Crippen molar-refractivity contribution in [3.63, 3.8) is 0 Å². The van der Waals surface area contributed by atoms with Gasteiger partial charge in [0.25, 0.3) is 5.56 Å². The highest BCUT2D eigenvalue weighted by atomic mass is 35.5. The number of aryl methyl sites for hydroxylation is 1. The molecule has 1 aromatic heterocycles. The summed E-state index contributed by atoms with van der Waals surface area (Å²) in [5, 5.41) is 16.8. The second-order valence-corrected chi connectivity index (χ2v) is 8.78. The maximum atomic E-state index is 13.5. The summed E-state index contributed by atoms with van der Waals surface area (Å²) in [4.78, 5) is 42.1. The van der Waals surface area contributed by atoms with Gasteiger partial charge >= 0.3 is 0 Å². The predicted molar refractivity (Wildman–Crippen MR) is 125 cm³/mol. The lowest BCUT2D eigenvalue weighted by molar-refractivity contribution is -0.128. The minimum atomic E-state index is -1.18. The Balaban J connectivity index is 1.60. The number of hydrogen-bond donors (Lipinski definition) is 3. The van der Waals surface area contributed by atoms with Crippen molar-refractivity contribution in [1.29, 1.82) is 0 Å². The van der Waals surface area contributed by atoms with Gasteiger partial charge in [-0.25, -0.2) is 4.98 Å². The molecule has 0 radical (unpaired) electrons. The average Bonchev–Trinajstić information content (AvgIpc) is 2.76. The molecule has 10 heteroatoms. The SMILES string of the molecule is Cc1nc2cccc(CNC(=O)Cc3ccc(Cl)c(Cl)c3)c2c(=O)n1C1CCC(=O)NC1O. The summed E-state index contributed by atoms with van der Waals surface area (Å²) in [5.74, 6) is -0.0618. The van der Waals surface area contributed by atoms with E-state index in [1.807, 2.05) is 0 Å². The molecule has 1 aliphatic rings. The summed E-state index contributed by atoms with van der Waals surface area (Å²) in [6, 6.07) is 9.64. The van der Waals surface area contributed by atoms with Gasteiger partial charge < -0.3 is 15.7 Å². The number of halogens is 2. The minimum Gasteiger partial charge on any atom is -0.372 e. The highest BCUT2D eigenvalue weighted by Crippen LogP contribution is 2.24. The monoisotopic (exact) mass is 488 g/mol. The average molecular weight is 489 g/mol. The normalized spacial score (nSPS) is 18.2. The van der Waals surface area contributed by atoms with Crippen molar-refractivity contribution in [2.45, 2.75) is 45.0 Å². The molecule has 8 nitrogen and oxygen atoms in total. The summed E-state index contributed by atoms with van der Waals surface area (Å²) in [5.41, 5.74) is 1.50. The van der Waals surface area contributed by atoms with Crippen LogP contribution in [0.25, 0.3) is 10.9 Å². The van der Waals surface area contributed by atoms with E-state index >= 15 is 0 Å². The summed E-state index contributed by atoms with van der Waals surface area (Å²) in [6.45, 7) is 1.82. The largest absolute Gasteiger partial charge is 0.372 e. The van der Waals surface area contributed by atoms with E-state index in [0.717, 1.165) is 0 Å². The molecular formula is C23H22Cl2N4O4. The number of carbonyl (C=O) groups is 2. The van der Waals surface area contributed by atoms with Crippen LogP contribution < -0.4 is 16.2 Å². The molecule has 0 spiro atoms. The minimum absolute atomic E-state index is 0.108. The quantitative estimate of drug-likeness (QED) is 0.510. The fourth-order valence-electron chi connectivity index (χ4n) is 4.09. The van der Waals surface area contributed by atoms with Gasteiger partial charge in [-0.2, -0.15) is 0 Å². The van der Waals surface area contributed by atoms with Gasteiger partial charge in [0, 0.05) is 13.0 Å². The second kappa shape index (κ2) is 9.51. The number of aliphatic hydroxyl groups excluding tert-OH is 1. The van der Waals surface area contributed by atoms with Crippen LogP contribution in [0.1, 0.15) is 35.8 Å². The van der Waals surface area contributed by atoms with Crippen molar-refractivity contribution in [3.05, 3.63) is 73.7 Å². The van der Waals surface area contributed by atoms with Crippen molar-refractivity contribution in [2.75, 3.05) is 0 Å². The molecule has 33 heavy (non-hydrogen) atoms. The van der Waals surface area contributed by atoms with Crippen LogP contribution in [0, 0.1) is 6.92 Å². The van der Waals surface area contributed by atoms with Crippen molar-refractivity contribution in [3.8, 4) is 0 Å². The number of benzene rings is 2. The Bertz CT molecular complexity index is 1310. The first-order chi connectivity index (χ1) is 15.7. The van der Waals surface area contributed by atoms with E-state index in [2.05, 4.69) is 15.6 Å². The van der Waals surface area contributed by atoms with Gasteiger partial charge in [0.15, 0.2) is 0 Å². The van der Waals surface area contributed by atoms with E-state index in [4.69, 9.17) is 23.2 Å². The van der Waals surface area contributed by atoms with E-state index < -0.39 is 12.3 Å². The summed E-state index contributed by atoms with van der Waals surface area (Å²) < 4.78 is 1.42. The smallest absolute Gasteiger partial charge is 0.262 e. The zero-order chi connectivity index (χ0) is 23.7. The van der Waals surface area contributed by atoms with E-state index in [9.17, 15) is 19.5 Å². The van der Waals surface area contributed by atoms with Crippen LogP contribution in [-0.2, 0) is 22.6 Å². The molecule has 2 heterocycles. The molecule has 3 aromatic rings. The van der Waals surface area contributed by atoms with Gasteiger partial charge in [-0.1, -0.05) is 41.4 Å². The number of rotatable bonds is 5. The highest BCUT2D eigenvalue weighted by molar-refractivity contribution is 6.42. The topological polar surface area (TPSA) is 113 Å². The van der Waals surface area contributed by atoms with Crippen molar-refractivity contribution < 1.29 is 14.7 Å². The molecule has 172 valence electrons. The van der Waals surface area contributed by atoms with Crippen LogP contribution >= 0.6 is 23.2 Å². The van der Waals surface area contributed by atoms with Gasteiger partial charge in [0.2, 0.25) is 11.8 Å². The van der Waals surface area contributed by atoms with E-state index in [-0.39, 0.29) is 36.8 Å². The lowest BCUT2D eigenvalue weighted by atomic mass is 10.0. The zero-order valence-electron chi connectivity index (χ0n) is 17.8. The Morgan fingerprint density at radius 1 is 1.24 bits per heavy atom. The molecule has 0 bridgehead atoms. The summed E-state index contributed by atoms with van der Waals surface area (Å²) in [6.07, 6.45) is -0.543. The van der Waals surface area contributed by atoms with Gasteiger partial charge in [-0.3, -0.25) is 19.0 Å². The first kappa shape index (κ1) is 23.2. The standard InChI is InChI=1S/C23H22Cl2N4O4/c1-12-27-17-4-2-3-14(11-26-20(31)10-13-5-6-15(24)16(25)9-13)21(17)23(33)29(12)18-7-8-19(30)28-22(18)32/h2-6,9,18,22,32H,7-8,10-11H2,1H3,(H,26,31)(H,28,30). The first-order valence-electron chi connectivity index (χ1n) is 10.4. The molecule has 2 amide bonds. The number of hydrogen-bond acceptors (Lipinski definition) is 5. The van der Waals surface area contributed by atoms with Gasteiger partial charge in [-0.15, -0.1) is 0 Å². The van der Waals surface area contributed by atoms with Crippen LogP contribution in [0.2, 0.25) is 10.0 Å². The second-order valence-electron chi connectivity index (χ2n) is 7.97. The molecule has 0 saturated carbocycles. The Morgan fingerprint density at radius 2 is 2.03 bits per heavy atom. The van der Waals surface area contributed by atoms with Gasteiger partial charge in [0.05, 0.1) is 33.4 Å². The number of aromatic nitrogens is 2. The third-order valence-corrected chi connectivity index (χ3v) is 6.43. The molecule has 2 aromatic carbocycles. The molecule has 3 N–H and O–H groups in total. The number of piperidine rings is 1. The number of carbonyl (C=O) groups excluding carboxylic acids is 2. The number of nitrogens with zero attached hydrogens (tertiary/aromatic N) is 2. The first-order valence-corrected chi connectivity index (χ1v) is 11.2. The Labute approximate surface area is 199 Å². The Hall–Kier alpha value is -2.94. The van der Waals surface area contributed by atoms with Gasteiger partial charge in [0.1, 0.15) is 12.1 Å². The third kappa shape index (κ3) is 4.88. The lowest BCUT2D eigenvalue weighted by Gasteiger charge is -2.31. The zero-order valence-corrected chi connectivity index (χ0v) is 19.3. The van der Waals surface area contributed by atoms with E-state index in [0.29, 0.717) is 44.3 Å². The summed E-state index contributed by atoms with van der Waals surface area (Å²) in [7, 11) is 0. The van der Waals surface area contributed by atoms with E-state index in [1.165, 1.54) is 4.57 Å². The molecule has 1 saturated heterocycles. The van der Waals surface area contributed by atoms with Crippen LogP contribution in [-0.4, -0.2) is 32.7 Å². The predicted octanol–water partition coefficient (Wildman–Crippen LogP) is 2.64. The maximum absolute atomic E-state index is 13.5. The van der Waals surface area contributed by atoms with Crippen LogP contribution in [0.4, 0.5) is 0 Å². The van der Waals surface area contributed by atoms with E-state index in [1.54, 1.807) is 43.3 Å². The molecule has 2 unspecified atom stereocenters. The number of amides is 2. The molecule has 2 atom stereocenters. The van der Waals surface area contributed by atoms with Crippen LogP contribution in [0.5, 0.6) is 0 Å². The van der Waals surface area contributed by atoms with Crippen LogP contribution in [0.15, 0.2) is 41.2 Å². The van der Waals surface area contributed by atoms with Crippen LogP contribution in [0.3, 0.4) is 0 Å². The van der Waals surface area contributed by atoms with Gasteiger partial charge in [-0.05, 0) is 42.7 Å². The molecule has 0 aliphatic carbocycles. The van der Waals surface area contributed by atoms with Crippen molar-refractivity contribution >= 4 is 45.9 Å². The summed E-state index contributed by atoms with van der Waals surface area (Å²) >= 11 is 11.9. The lowest BCUT2D eigenvalue weighted by Crippen LogP contribution is -2.48. The number of aliphatic hydroxyl groups is 1. The number of fused-ring (bicyclic) bond motifs is 1. The molecule has 1 fully saturated rings. The Morgan fingerprint density at radius 3 is 2.76 bits per heavy atom. The molecule has 4 rings (SSSR count). The third-order valence-electron chi connectivity index (χ3n) is 5.69. The fraction of sp³-hybridized carbons (Fsp3) is 0.304. The molecule has 1 aliphatic heterocycles. The highest BCUT2D eigenvalue weighted by Gasteiger charge is 2.31. The van der Waals surface area contributed by atoms with Crippen molar-refractivity contribution in [2.24, 2.45) is 0 Å². The number of nitrogens with one attached hydrogen (secondary N) is 2. The Kier molecular flexibility index (Phi) is 6.69.